The van der Waals surface area contributed by atoms with E-state index >= 15 is 0 Å². The molecule has 1 aliphatic rings. The van der Waals surface area contributed by atoms with Gasteiger partial charge in [0.15, 0.2) is 0 Å². The summed E-state index contributed by atoms with van der Waals surface area (Å²) in [6.07, 6.45) is 7.20. The van der Waals surface area contributed by atoms with Crippen LogP contribution in [0, 0.1) is 0 Å². The number of hydrogen-bond donors (Lipinski definition) is 2. The number of carbonyl (C=O) groups excluding carboxylic acids is 1. The molecular formula is C15H18N2O2. The lowest BCUT2D eigenvalue weighted by Gasteiger charge is -2.20. The third-order valence-corrected chi connectivity index (χ3v) is 2.85. The number of hydrazine groups is 1. The first-order valence-corrected chi connectivity index (χ1v) is 6.34. The van der Waals surface area contributed by atoms with E-state index in [1.54, 1.807) is 6.08 Å². The average Bonchev–Trinajstić information content (AvgIpc) is 2.46. The van der Waals surface area contributed by atoms with E-state index in [0.29, 0.717) is 13.0 Å². The normalized spacial score (nSPS) is 19.2. The van der Waals surface area contributed by atoms with E-state index < -0.39 is 0 Å². The molecule has 4 nitrogen and oxygen atoms in total. The molecule has 0 aliphatic carbocycles. The predicted molar refractivity (Wildman–Crippen MR) is 75.5 cm³/mol. The standard InChI is InChI=1S/C15H18N2O2/c1-2-11-19-14-8-4-12(5-9-14)3-6-13-7-10-15(18)17-16-13/h2-6,8-9,13,16H,1,7,10-11H2,(H,17,18)/b6-3+. The van der Waals surface area contributed by atoms with Gasteiger partial charge in [-0.05, 0) is 24.1 Å². The third-order valence-electron chi connectivity index (χ3n) is 2.85. The van der Waals surface area contributed by atoms with Crippen molar-refractivity contribution in [1.29, 1.82) is 0 Å². The van der Waals surface area contributed by atoms with Crippen LogP contribution < -0.4 is 15.6 Å². The second kappa shape index (κ2) is 6.75. The minimum Gasteiger partial charge on any atom is -0.490 e. The Hall–Kier alpha value is -2.07. The molecule has 1 atom stereocenters. The summed E-state index contributed by atoms with van der Waals surface area (Å²) in [4.78, 5) is 11.0. The van der Waals surface area contributed by atoms with Gasteiger partial charge in [-0.25, -0.2) is 5.43 Å². The molecule has 2 rings (SSSR count). The Bertz CT molecular complexity index is 456. The molecule has 1 aromatic carbocycles. The Morgan fingerprint density at radius 2 is 2.16 bits per heavy atom. The predicted octanol–water partition coefficient (Wildman–Crippen LogP) is 2.05. The van der Waals surface area contributed by atoms with E-state index in [4.69, 9.17) is 4.74 Å². The number of benzene rings is 1. The highest BCUT2D eigenvalue weighted by atomic mass is 16.5. The van der Waals surface area contributed by atoms with Crippen molar-refractivity contribution in [3.8, 4) is 5.75 Å². The minimum atomic E-state index is 0.0494. The van der Waals surface area contributed by atoms with E-state index in [-0.39, 0.29) is 11.9 Å². The van der Waals surface area contributed by atoms with Crippen molar-refractivity contribution in [3.05, 3.63) is 48.6 Å². The maximum absolute atomic E-state index is 11.0. The van der Waals surface area contributed by atoms with Gasteiger partial charge < -0.3 is 4.74 Å². The SMILES string of the molecule is C=CCOc1ccc(/C=C/C2CCC(=O)NN2)cc1. The lowest BCUT2D eigenvalue weighted by Crippen LogP contribution is -2.48. The summed E-state index contributed by atoms with van der Waals surface area (Å²) in [6, 6.07) is 8.04. The van der Waals surface area contributed by atoms with Crippen molar-refractivity contribution < 1.29 is 9.53 Å². The van der Waals surface area contributed by atoms with Crippen LogP contribution in [0.3, 0.4) is 0 Å². The molecule has 1 aliphatic heterocycles. The summed E-state index contributed by atoms with van der Waals surface area (Å²) < 4.78 is 5.41. The van der Waals surface area contributed by atoms with E-state index in [9.17, 15) is 4.79 Å². The van der Waals surface area contributed by atoms with Crippen LogP contribution in [0.1, 0.15) is 18.4 Å². The molecule has 1 aromatic rings. The number of amides is 1. The first kappa shape index (κ1) is 13.4. The van der Waals surface area contributed by atoms with Crippen LogP contribution >= 0.6 is 0 Å². The number of hydrogen-bond acceptors (Lipinski definition) is 3. The van der Waals surface area contributed by atoms with Gasteiger partial charge >= 0.3 is 0 Å². The monoisotopic (exact) mass is 258 g/mol. The van der Waals surface area contributed by atoms with E-state index in [2.05, 4.69) is 23.5 Å². The Morgan fingerprint density at radius 3 is 2.79 bits per heavy atom. The van der Waals surface area contributed by atoms with Crippen LogP contribution in [0.25, 0.3) is 6.08 Å². The summed E-state index contributed by atoms with van der Waals surface area (Å²) in [5, 5.41) is 0. The Morgan fingerprint density at radius 1 is 1.37 bits per heavy atom. The number of ether oxygens (including phenoxy) is 1. The number of carbonyl (C=O) groups is 1. The Kier molecular flexibility index (Phi) is 4.75. The van der Waals surface area contributed by atoms with Gasteiger partial charge in [-0.2, -0.15) is 0 Å². The lowest BCUT2D eigenvalue weighted by molar-refractivity contribution is -0.123. The van der Waals surface area contributed by atoms with Gasteiger partial charge in [0.25, 0.3) is 0 Å². The largest absolute Gasteiger partial charge is 0.490 e. The maximum atomic E-state index is 11.0. The smallest absolute Gasteiger partial charge is 0.234 e. The van der Waals surface area contributed by atoms with Crippen molar-refractivity contribution in [2.45, 2.75) is 18.9 Å². The third kappa shape index (κ3) is 4.26. The van der Waals surface area contributed by atoms with Crippen LogP contribution in [-0.2, 0) is 4.79 Å². The average molecular weight is 258 g/mol. The lowest BCUT2D eigenvalue weighted by atomic mass is 10.1. The first-order valence-electron chi connectivity index (χ1n) is 6.34. The molecule has 2 N–H and O–H groups in total. The molecule has 19 heavy (non-hydrogen) atoms. The first-order chi connectivity index (χ1) is 9.28. The van der Waals surface area contributed by atoms with Gasteiger partial charge in [-0.15, -0.1) is 0 Å². The van der Waals surface area contributed by atoms with Crippen molar-refractivity contribution in [2.24, 2.45) is 0 Å². The maximum Gasteiger partial charge on any atom is 0.234 e. The molecule has 4 heteroatoms. The fourth-order valence-electron chi connectivity index (χ4n) is 1.80. The molecule has 0 radical (unpaired) electrons. The Balaban J connectivity index is 1.88. The van der Waals surface area contributed by atoms with Crippen LogP contribution in [0.15, 0.2) is 43.0 Å². The van der Waals surface area contributed by atoms with Gasteiger partial charge in [0.2, 0.25) is 5.91 Å². The number of nitrogens with one attached hydrogen (secondary N) is 2. The van der Waals surface area contributed by atoms with E-state index in [1.807, 2.05) is 30.3 Å². The summed E-state index contributed by atoms with van der Waals surface area (Å²) in [5.74, 6) is 0.883. The van der Waals surface area contributed by atoms with Crippen molar-refractivity contribution in [1.82, 2.24) is 10.9 Å². The van der Waals surface area contributed by atoms with Gasteiger partial charge in [-0.1, -0.05) is 36.9 Å². The fourth-order valence-corrected chi connectivity index (χ4v) is 1.80. The topological polar surface area (TPSA) is 50.4 Å². The molecule has 0 saturated carbocycles. The molecule has 0 bridgehead atoms. The molecule has 0 spiro atoms. The van der Waals surface area contributed by atoms with Crippen molar-refractivity contribution in [3.63, 3.8) is 0 Å². The molecule has 1 fully saturated rings. The van der Waals surface area contributed by atoms with Crippen LogP contribution in [0.5, 0.6) is 5.75 Å². The van der Waals surface area contributed by atoms with Crippen LogP contribution in [0.2, 0.25) is 0 Å². The zero-order valence-corrected chi connectivity index (χ0v) is 10.8. The minimum absolute atomic E-state index is 0.0494. The van der Waals surface area contributed by atoms with Gasteiger partial charge in [0.1, 0.15) is 12.4 Å². The zero-order valence-electron chi connectivity index (χ0n) is 10.8. The summed E-state index contributed by atoms with van der Waals surface area (Å²) in [7, 11) is 0. The molecule has 1 heterocycles. The fraction of sp³-hybridized carbons (Fsp3) is 0.267. The quantitative estimate of drug-likeness (QED) is 0.795. The van der Waals surface area contributed by atoms with E-state index in [1.165, 1.54) is 0 Å². The highest BCUT2D eigenvalue weighted by molar-refractivity contribution is 5.76. The second-order valence-electron chi connectivity index (χ2n) is 4.37. The molecule has 100 valence electrons. The molecule has 1 saturated heterocycles. The van der Waals surface area contributed by atoms with Gasteiger partial charge in [-0.3, -0.25) is 10.2 Å². The summed E-state index contributed by atoms with van der Waals surface area (Å²) in [6.45, 7) is 4.12. The Labute approximate surface area is 113 Å². The van der Waals surface area contributed by atoms with Gasteiger partial charge in [0, 0.05) is 12.5 Å². The van der Waals surface area contributed by atoms with Gasteiger partial charge in [0.05, 0.1) is 0 Å². The molecule has 1 amide bonds. The van der Waals surface area contributed by atoms with Crippen LogP contribution in [0.4, 0.5) is 0 Å². The number of rotatable bonds is 5. The van der Waals surface area contributed by atoms with Crippen LogP contribution in [-0.4, -0.2) is 18.6 Å². The van der Waals surface area contributed by atoms with E-state index in [0.717, 1.165) is 17.7 Å². The molecule has 1 unspecified atom stereocenters. The summed E-state index contributed by atoms with van der Waals surface area (Å²) in [5.41, 5.74) is 6.69. The molecule has 0 aromatic heterocycles. The highest BCUT2D eigenvalue weighted by Crippen LogP contribution is 2.14. The second-order valence-corrected chi connectivity index (χ2v) is 4.37. The summed E-state index contributed by atoms with van der Waals surface area (Å²) >= 11 is 0. The van der Waals surface area contributed by atoms with Crippen molar-refractivity contribution >= 4 is 12.0 Å². The highest BCUT2D eigenvalue weighted by Gasteiger charge is 2.14. The zero-order chi connectivity index (χ0) is 13.5. The molecular weight excluding hydrogens is 240 g/mol. The van der Waals surface area contributed by atoms with Crippen molar-refractivity contribution in [2.75, 3.05) is 6.61 Å².